The summed E-state index contributed by atoms with van der Waals surface area (Å²) in [5.41, 5.74) is 5.08. The summed E-state index contributed by atoms with van der Waals surface area (Å²) in [5.74, 6) is 0. The maximum Gasteiger partial charge on any atom is 0.0361 e. The number of rotatable bonds is 2. The van der Waals surface area contributed by atoms with Crippen LogP contribution in [0.25, 0.3) is 107 Å². The van der Waals surface area contributed by atoms with Gasteiger partial charge in [0.2, 0.25) is 0 Å². The molecular weight excluding hydrogens is 609 g/mol. The van der Waals surface area contributed by atoms with Crippen LogP contribution in [-0.2, 0) is 0 Å². The predicted octanol–water partition coefficient (Wildman–Crippen LogP) is 14.3. The largest absolute Gasteiger partial charge is 0.135 e. The lowest BCUT2D eigenvalue weighted by Crippen LogP contribution is -1.90. The minimum absolute atomic E-state index is 1.24. The molecular formula is C48H28S. The van der Waals surface area contributed by atoms with Gasteiger partial charge in [0.05, 0.1) is 0 Å². The van der Waals surface area contributed by atoms with Crippen molar-refractivity contribution in [1.29, 1.82) is 0 Å². The number of fused-ring (bicyclic) bond motifs is 15. The highest BCUT2D eigenvalue weighted by molar-refractivity contribution is 7.25. The van der Waals surface area contributed by atoms with E-state index in [0.29, 0.717) is 0 Å². The average Bonchev–Trinajstić information content (AvgIpc) is 3.56. The van der Waals surface area contributed by atoms with Crippen LogP contribution in [0.15, 0.2) is 170 Å². The van der Waals surface area contributed by atoms with Crippen molar-refractivity contribution in [3.05, 3.63) is 170 Å². The van der Waals surface area contributed by atoms with Crippen LogP contribution < -0.4 is 0 Å². The molecule has 0 N–H and O–H groups in total. The van der Waals surface area contributed by atoms with Crippen molar-refractivity contribution in [2.45, 2.75) is 0 Å². The van der Waals surface area contributed by atoms with Crippen molar-refractivity contribution in [2.24, 2.45) is 0 Å². The molecule has 0 atom stereocenters. The van der Waals surface area contributed by atoms with Gasteiger partial charge in [-0.15, -0.1) is 11.3 Å². The Morgan fingerprint density at radius 1 is 0.245 bits per heavy atom. The van der Waals surface area contributed by atoms with Gasteiger partial charge >= 0.3 is 0 Å². The molecule has 1 aromatic heterocycles. The van der Waals surface area contributed by atoms with E-state index in [-0.39, 0.29) is 0 Å². The smallest absolute Gasteiger partial charge is 0.0361 e. The average molecular weight is 637 g/mol. The summed E-state index contributed by atoms with van der Waals surface area (Å²) in [5, 5.41) is 18.4. The van der Waals surface area contributed by atoms with Gasteiger partial charge in [0.15, 0.2) is 0 Å². The minimum Gasteiger partial charge on any atom is -0.135 e. The van der Waals surface area contributed by atoms with Crippen molar-refractivity contribution in [3.8, 4) is 22.3 Å². The Kier molecular flexibility index (Phi) is 5.64. The fraction of sp³-hybridized carbons (Fsp3) is 0. The van der Waals surface area contributed by atoms with Gasteiger partial charge in [0.1, 0.15) is 0 Å². The molecule has 1 heteroatoms. The first-order valence-corrected chi connectivity index (χ1v) is 17.8. The third-order valence-corrected chi connectivity index (χ3v) is 11.8. The van der Waals surface area contributed by atoms with Gasteiger partial charge in [-0.25, -0.2) is 0 Å². The molecule has 226 valence electrons. The number of hydrogen-bond donors (Lipinski definition) is 0. The van der Waals surface area contributed by atoms with Crippen LogP contribution in [0.3, 0.4) is 0 Å². The van der Waals surface area contributed by atoms with Crippen LogP contribution in [0.5, 0.6) is 0 Å². The third-order valence-electron chi connectivity index (χ3n) is 10.6. The molecule has 0 amide bonds. The normalized spacial score (nSPS) is 12.1. The molecule has 0 spiro atoms. The molecule has 0 aliphatic carbocycles. The second kappa shape index (κ2) is 10.2. The molecule has 0 saturated carbocycles. The highest BCUT2D eigenvalue weighted by Crippen LogP contribution is 2.46. The third kappa shape index (κ3) is 3.79. The quantitative estimate of drug-likeness (QED) is 0.166. The Hall–Kier alpha value is -6.02. The molecule has 0 aliphatic heterocycles. The fourth-order valence-corrected chi connectivity index (χ4v) is 9.72. The monoisotopic (exact) mass is 636 g/mol. The van der Waals surface area contributed by atoms with Crippen LogP contribution in [-0.4, -0.2) is 0 Å². The van der Waals surface area contributed by atoms with Crippen molar-refractivity contribution >= 4 is 96.1 Å². The molecule has 0 nitrogen and oxygen atoms in total. The Bertz CT molecular complexity index is 3160. The van der Waals surface area contributed by atoms with Gasteiger partial charge in [-0.3, -0.25) is 0 Å². The molecule has 11 aromatic rings. The number of hydrogen-bond acceptors (Lipinski definition) is 1. The molecule has 11 rings (SSSR count). The molecule has 0 bridgehead atoms. The van der Waals surface area contributed by atoms with Gasteiger partial charge in [0.25, 0.3) is 0 Å². The summed E-state index contributed by atoms with van der Waals surface area (Å²) in [7, 11) is 0. The Morgan fingerprint density at radius 3 is 1.37 bits per heavy atom. The molecule has 0 unspecified atom stereocenters. The molecule has 0 fully saturated rings. The van der Waals surface area contributed by atoms with Crippen molar-refractivity contribution < 1.29 is 0 Å². The molecule has 0 aliphatic rings. The molecule has 49 heavy (non-hydrogen) atoms. The Morgan fingerprint density at radius 2 is 0.694 bits per heavy atom. The summed E-state index contributed by atoms with van der Waals surface area (Å²) in [6, 6.07) is 63.2. The second-order valence-corrected chi connectivity index (χ2v) is 14.2. The summed E-state index contributed by atoms with van der Waals surface area (Å²) >= 11 is 1.88. The topological polar surface area (TPSA) is 0 Å². The van der Waals surface area contributed by atoms with Crippen LogP contribution in [0, 0.1) is 0 Å². The lowest BCUT2D eigenvalue weighted by molar-refractivity contribution is 1.68. The summed E-state index contributed by atoms with van der Waals surface area (Å²) in [6.45, 7) is 0. The minimum atomic E-state index is 1.24. The van der Waals surface area contributed by atoms with E-state index < -0.39 is 0 Å². The molecule has 0 saturated heterocycles. The van der Waals surface area contributed by atoms with Gasteiger partial charge < -0.3 is 0 Å². The van der Waals surface area contributed by atoms with Gasteiger partial charge in [-0.05, 0) is 105 Å². The van der Waals surface area contributed by atoms with Gasteiger partial charge in [-0.1, -0.05) is 152 Å². The van der Waals surface area contributed by atoms with Gasteiger partial charge in [-0.2, -0.15) is 0 Å². The van der Waals surface area contributed by atoms with Crippen LogP contribution >= 0.6 is 11.3 Å². The van der Waals surface area contributed by atoms with E-state index in [9.17, 15) is 0 Å². The van der Waals surface area contributed by atoms with E-state index in [1.807, 2.05) is 11.3 Å². The van der Waals surface area contributed by atoms with Crippen molar-refractivity contribution in [3.63, 3.8) is 0 Å². The molecule has 10 aromatic carbocycles. The maximum absolute atomic E-state index is 2.44. The van der Waals surface area contributed by atoms with Crippen LogP contribution in [0.4, 0.5) is 0 Å². The lowest BCUT2D eigenvalue weighted by Gasteiger charge is -2.17. The Balaban J connectivity index is 1.21. The Labute approximate surface area is 287 Å². The molecule has 1 heterocycles. The van der Waals surface area contributed by atoms with E-state index in [1.165, 1.54) is 107 Å². The summed E-state index contributed by atoms with van der Waals surface area (Å²) < 4.78 is 2.67. The van der Waals surface area contributed by atoms with Crippen LogP contribution in [0.2, 0.25) is 0 Å². The zero-order valence-electron chi connectivity index (χ0n) is 26.6. The first kappa shape index (κ1) is 27.0. The predicted molar refractivity (Wildman–Crippen MR) is 215 cm³/mol. The van der Waals surface area contributed by atoms with Gasteiger partial charge in [0, 0.05) is 20.2 Å². The second-order valence-electron chi connectivity index (χ2n) is 13.1. The van der Waals surface area contributed by atoms with Crippen LogP contribution in [0.1, 0.15) is 0 Å². The summed E-state index contributed by atoms with van der Waals surface area (Å²) in [6.07, 6.45) is 0. The number of benzene rings is 10. The highest BCUT2D eigenvalue weighted by atomic mass is 32.1. The van der Waals surface area contributed by atoms with E-state index >= 15 is 0 Å². The van der Waals surface area contributed by atoms with E-state index in [1.54, 1.807) is 0 Å². The lowest BCUT2D eigenvalue weighted by atomic mass is 9.86. The first-order chi connectivity index (χ1) is 24.3. The van der Waals surface area contributed by atoms with E-state index in [4.69, 9.17) is 0 Å². The number of thiophene rings is 1. The summed E-state index contributed by atoms with van der Waals surface area (Å²) in [4.78, 5) is 0. The van der Waals surface area contributed by atoms with Crippen molar-refractivity contribution in [1.82, 2.24) is 0 Å². The maximum atomic E-state index is 2.44. The zero-order chi connectivity index (χ0) is 32.1. The van der Waals surface area contributed by atoms with E-state index in [2.05, 4.69) is 170 Å². The SMILES string of the molecule is c1ccc2c(c1)sc1cccc(-c3cccc4c(-c5ccc6c(c5)c5ccccc5c5c7ccccc7c7ccccc7c65)cccc34)c12. The molecule has 0 radical (unpaired) electrons. The first-order valence-electron chi connectivity index (χ1n) is 16.9. The van der Waals surface area contributed by atoms with Crippen molar-refractivity contribution in [2.75, 3.05) is 0 Å². The zero-order valence-corrected chi connectivity index (χ0v) is 27.4. The standard InChI is InChI=1S/C48H28S/c1-4-15-38-33(12-1)34-13-2-5-16-39(34)48-41-27-26-29(28-43(41)36-14-3-6-17-40(36)47(38)48)30-19-9-21-32-31(30)20-10-22-35(32)37-23-11-25-45-46(37)42-18-7-8-24-44(42)49-45/h1-28H. The van der Waals surface area contributed by atoms with E-state index in [0.717, 1.165) is 0 Å². The fourth-order valence-electron chi connectivity index (χ4n) is 8.59. The highest BCUT2D eigenvalue weighted by Gasteiger charge is 2.18.